The average molecular weight is 272 g/mol. The fourth-order valence-corrected chi connectivity index (χ4v) is 1.45. The normalized spacial score (nSPS) is 13.7. The molecule has 0 bridgehead atoms. The second-order valence-electron chi connectivity index (χ2n) is 3.51. The standard InChI is InChI=1S/C9H9F5N2O2/c1-4(18-3-17)2-5-6(9(12,13)14)7(8(10)11)16-15-5/h3-4,8H,2H2,1H3,(H,15,16). The molecule has 0 saturated heterocycles. The highest BCUT2D eigenvalue weighted by atomic mass is 19.4. The molecule has 0 aliphatic heterocycles. The van der Waals surface area contributed by atoms with Crippen LogP contribution in [0.25, 0.3) is 0 Å². The molecule has 18 heavy (non-hydrogen) atoms. The Morgan fingerprint density at radius 3 is 2.50 bits per heavy atom. The number of hydrogen-bond acceptors (Lipinski definition) is 3. The summed E-state index contributed by atoms with van der Waals surface area (Å²) < 4.78 is 67.1. The highest BCUT2D eigenvalue weighted by molar-refractivity contribution is 5.37. The van der Waals surface area contributed by atoms with Crippen LogP contribution in [0.15, 0.2) is 0 Å². The second kappa shape index (κ2) is 5.32. The van der Waals surface area contributed by atoms with E-state index < -0.39 is 35.7 Å². The van der Waals surface area contributed by atoms with Gasteiger partial charge in [-0.25, -0.2) is 8.78 Å². The fourth-order valence-electron chi connectivity index (χ4n) is 1.45. The first-order chi connectivity index (χ1) is 8.27. The molecular weight excluding hydrogens is 263 g/mol. The van der Waals surface area contributed by atoms with Gasteiger partial charge < -0.3 is 4.74 Å². The van der Waals surface area contributed by atoms with Crippen molar-refractivity contribution in [2.24, 2.45) is 0 Å². The number of alkyl halides is 5. The van der Waals surface area contributed by atoms with Crippen molar-refractivity contribution in [3.63, 3.8) is 0 Å². The third-order valence-electron chi connectivity index (χ3n) is 2.14. The van der Waals surface area contributed by atoms with E-state index in [1.165, 1.54) is 6.92 Å². The molecule has 102 valence electrons. The fraction of sp³-hybridized carbons (Fsp3) is 0.556. The Balaban J connectivity index is 3.09. The third kappa shape index (κ3) is 3.17. The zero-order valence-electron chi connectivity index (χ0n) is 9.09. The first kappa shape index (κ1) is 14.4. The van der Waals surface area contributed by atoms with E-state index >= 15 is 0 Å². The molecule has 0 saturated carbocycles. The zero-order chi connectivity index (χ0) is 13.9. The van der Waals surface area contributed by atoms with E-state index in [4.69, 9.17) is 0 Å². The van der Waals surface area contributed by atoms with Crippen LogP contribution in [0.2, 0.25) is 0 Å². The molecule has 1 aromatic heterocycles. The molecule has 0 amide bonds. The Bertz CT molecular complexity index is 416. The van der Waals surface area contributed by atoms with Crippen molar-refractivity contribution in [3.05, 3.63) is 17.0 Å². The zero-order valence-corrected chi connectivity index (χ0v) is 9.09. The van der Waals surface area contributed by atoms with E-state index in [9.17, 15) is 26.7 Å². The molecular formula is C9H9F5N2O2. The molecule has 1 heterocycles. The molecule has 4 nitrogen and oxygen atoms in total. The lowest BCUT2D eigenvalue weighted by molar-refractivity contribution is -0.140. The van der Waals surface area contributed by atoms with E-state index in [0.717, 1.165) is 0 Å². The average Bonchev–Trinajstić information content (AvgIpc) is 2.61. The number of ether oxygens (including phenoxy) is 1. The van der Waals surface area contributed by atoms with E-state index in [2.05, 4.69) is 9.84 Å². The van der Waals surface area contributed by atoms with Crippen molar-refractivity contribution in [2.75, 3.05) is 0 Å². The predicted octanol–water partition coefficient (Wildman–Crippen LogP) is 2.47. The monoisotopic (exact) mass is 272 g/mol. The number of H-pyrrole nitrogens is 1. The van der Waals surface area contributed by atoms with Crippen LogP contribution in [0.5, 0.6) is 0 Å². The Hall–Kier alpha value is -1.67. The summed E-state index contributed by atoms with van der Waals surface area (Å²) in [4.78, 5) is 10.0. The number of rotatable bonds is 5. The highest BCUT2D eigenvalue weighted by Gasteiger charge is 2.41. The molecule has 9 heteroatoms. The Morgan fingerprint density at radius 1 is 1.44 bits per heavy atom. The van der Waals surface area contributed by atoms with Crippen LogP contribution >= 0.6 is 0 Å². The SMILES string of the molecule is CC(Cc1[nH]nc(C(F)F)c1C(F)(F)F)OC=O. The lowest BCUT2D eigenvalue weighted by Crippen LogP contribution is -2.16. The number of hydrogen-bond donors (Lipinski definition) is 1. The highest BCUT2D eigenvalue weighted by Crippen LogP contribution is 2.37. The maximum absolute atomic E-state index is 12.6. The quantitative estimate of drug-likeness (QED) is 0.661. The van der Waals surface area contributed by atoms with Crippen LogP contribution in [0.4, 0.5) is 22.0 Å². The van der Waals surface area contributed by atoms with Crippen LogP contribution in [-0.2, 0) is 22.1 Å². The molecule has 0 spiro atoms. The lowest BCUT2D eigenvalue weighted by atomic mass is 10.1. The van der Waals surface area contributed by atoms with Gasteiger partial charge in [0.15, 0.2) is 0 Å². The topological polar surface area (TPSA) is 55.0 Å². The molecule has 0 aromatic carbocycles. The minimum absolute atomic E-state index is 0.0717. The molecule has 0 radical (unpaired) electrons. The van der Waals surface area contributed by atoms with Gasteiger partial charge in [0.05, 0.1) is 5.69 Å². The van der Waals surface area contributed by atoms with Gasteiger partial charge in [0.1, 0.15) is 17.4 Å². The van der Waals surface area contributed by atoms with Crippen molar-refractivity contribution in [1.29, 1.82) is 0 Å². The van der Waals surface area contributed by atoms with Crippen molar-refractivity contribution in [3.8, 4) is 0 Å². The second-order valence-corrected chi connectivity index (χ2v) is 3.51. The molecule has 1 aromatic rings. The van der Waals surface area contributed by atoms with Gasteiger partial charge in [0, 0.05) is 6.42 Å². The number of nitrogens with zero attached hydrogens (tertiary/aromatic N) is 1. The number of halogens is 5. The smallest absolute Gasteiger partial charge is 0.420 e. The van der Waals surface area contributed by atoms with Gasteiger partial charge in [-0.15, -0.1) is 0 Å². The van der Waals surface area contributed by atoms with Crippen LogP contribution in [0.3, 0.4) is 0 Å². The first-order valence-electron chi connectivity index (χ1n) is 4.79. The van der Waals surface area contributed by atoms with Gasteiger partial charge in [-0.1, -0.05) is 0 Å². The van der Waals surface area contributed by atoms with Crippen LogP contribution < -0.4 is 0 Å². The van der Waals surface area contributed by atoms with E-state index in [1.807, 2.05) is 5.10 Å². The summed E-state index contributed by atoms with van der Waals surface area (Å²) >= 11 is 0. The first-order valence-corrected chi connectivity index (χ1v) is 4.79. The predicted molar refractivity (Wildman–Crippen MR) is 48.9 cm³/mol. The van der Waals surface area contributed by atoms with Gasteiger partial charge >= 0.3 is 6.18 Å². The number of carbonyl (C=O) groups is 1. The van der Waals surface area contributed by atoms with Gasteiger partial charge in [-0.3, -0.25) is 9.89 Å². The van der Waals surface area contributed by atoms with Crippen molar-refractivity contribution in [2.45, 2.75) is 32.1 Å². The summed E-state index contributed by atoms with van der Waals surface area (Å²) in [5, 5.41) is 4.86. The van der Waals surface area contributed by atoms with Crippen LogP contribution in [0.1, 0.15) is 30.3 Å². The summed E-state index contributed by atoms with van der Waals surface area (Å²) in [5.74, 6) is 0. The lowest BCUT2D eigenvalue weighted by Gasteiger charge is -2.12. The molecule has 0 fully saturated rings. The van der Waals surface area contributed by atoms with Crippen molar-refractivity contribution >= 4 is 6.47 Å². The number of carbonyl (C=O) groups excluding carboxylic acids is 1. The summed E-state index contributed by atoms with van der Waals surface area (Å²) in [7, 11) is 0. The molecule has 0 aliphatic rings. The Kier molecular flexibility index (Phi) is 4.25. The summed E-state index contributed by atoms with van der Waals surface area (Å²) in [6.07, 6.45) is -9.55. The van der Waals surface area contributed by atoms with Gasteiger partial charge in [0.2, 0.25) is 0 Å². The Morgan fingerprint density at radius 2 is 2.06 bits per heavy atom. The van der Waals surface area contributed by atoms with Gasteiger partial charge in [-0.05, 0) is 6.92 Å². The van der Waals surface area contributed by atoms with Crippen LogP contribution in [-0.4, -0.2) is 22.8 Å². The molecule has 0 aliphatic carbocycles. The molecule has 1 unspecified atom stereocenters. The number of nitrogens with one attached hydrogen (secondary N) is 1. The van der Waals surface area contributed by atoms with E-state index in [0.29, 0.717) is 0 Å². The Labute approximate surface area is 98.1 Å². The van der Waals surface area contributed by atoms with Gasteiger partial charge in [0.25, 0.3) is 12.9 Å². The van der Waals surface area contributed by atoms with E-state index in [1.54, 1.807) is 0 Å². The number of aromatic amines is 1. The van der Waals surface area contributed by atoms with Crippen molar-refractivity contribution < 1.29 is 31.5 Å². The van der Waals surface area contributed by atoms with Gasteiger partial charge in [-0.2, -0.15) is 18.3 Å². The molecule has 1 atom stereocenters. The van der Waals surface area contributed by atoms with Crippen molar-refractivity contribution in [1.82, 2.24) is 10.2 Å². The third-order valence-corrected chi connectivity index (χ3v) is 2.14. The summed E-state index contributed by atoms with van der Waals surface area (Å²) in [6, 6.07) is 0. The molecule has 1 rings (SSSR count). The largest absolute Gasteiger partial charge is 0.464 e. The van der Waals surface area contributed by atoms with E-state index in [-0.39, 0.29) is 12.9 Å². The summed E-state index contributed by atoms with van der Waals surface area (Å²) in [5.41, 5.74) is -3.39. The maximum atomic E-state index is 12.6. The number of aromatic nitrogens is 2. The minimum Gasteiger partial charge on any atom is -0.464 e. The maximum Gasteiger partial charge on any atom is 0.420 e. The minimum atomic E-state index is -4.95. The molecule has 1 N–H and O–H groups in total. The van der Waals surface area contributed by atoms with Crippen LogP contribution in [0, 0.1) is 0 Å². The summed E-state index contributed by atoms with van der Waals surface area (Å²) in [6.45, 7) is 1.40.